The van der Waals surface area contributed by atoms with Crippen molar-refractivity contribution in [2.75, 3.05) is 11.5 Å². The number of sulfone groups is 1. The third-order valence-corrected chi connectivity index (χ3v) is 5.72. The summed E-state index contributed by atoms with van der Waals surface area (Å²) in [5.41, 5.74) is 7.26. The molecule has 2 heterocycles. The molecule has 18 heavy (non-hydrogen) atoms. The van der Waals surface area contributed by atoms with Crippen LogP contribution >= 0.6 is 0 Å². The Morgan fingerprint density at radius 1 is 1.39 bits per heavy atom. The van der Waals surface area contributed by atoms with Crippen molar-refractivity contribution in [2.45, 2.75) is 43.7 Å². The molecule has 0 spiro atoms. The van der Waals surface area contributed by atoms with Crippen LogP contribution in [0.1, 0.15) is 37.3 Å². The maximum atomic E-state index is 11.4. The third-order valence-electron chi connectivity index (χ3n) is 4.00. The minimum absolute atomic E-state index is 0.00374. The summed E-state index contributed by atoms with van der Waals surface area (Å²) in [5.74, 6) is 0.571. The largest absolute Gasteiger partial charge is 0.325 e. The zero-order valence-corrected chi connectivity index (χ0v) is 11.2. The quantitative estimate of drug-likeness (QED) is 0.874. The van der Waals surface area contributed by atoms with E-state index in [-0.39, 0.29) is 23.1 Å². The number of hydrogen-bond donors (Lipinski definition) is 1. The topological polar surface area (TPSA) is 78.0 Å². The molecule has 1 aromatic heterocycles. The lowest BCUT2D eigenvalue weighted by atomic mass is 10.1. The van der Waals surface area contributed by atoms with Gasteiger partial charge in [0, 0.05) is 11.7 Å². The fraction of sp³-hybridized carbons (Fsp3) is 0.750. The van der Waals surface area contributed by atoms with E-state index in [9.17, 15) is 8.42 Å². The van der Waals surface area contributed by atoms with Gasteiger partial charge < -0.3 is 5.73 Å². The van der Waals surface area contributed by atoms with E-state index in [4.69, 9.17) is 5.73 Å². The normalized spacial score (nSPS) is 26.1. The van der Waals surface area contributed by atoms with Crippen molar-refractivity contribution >= 4 is 9.84 Å². The molecule has 3 rings (SSSR count). The molecule has 1 saturated heterocycles. The number of nitrogens with two attached hydrogens (primary N) is 1. The van der Waals surface area contributed by atoms with Gasteiger partial charge in [-0.2, -0.15) is 5.10 Å². The molecule has 0 bridgehead atoms. The van der Waals surface area contributed by atoms with Crippen LogP contribution in [0, 0.1) is 0 Å². The zero-order chi connectivity index (χ0) is 12.8. The number of hydrogen-bond acceptors (Lipinski definition) is 4. The third kappa shape index (κ3) is 2.59. The SMILES string of the molecule is NC1(Cc2cnn(C3CCS(=O)(=O)CC3)c2)CC1. The van der Waals surface area contributed by atoms with Crippen molar-refractivity contribution in [3.63, 3.8) is 0 Å². The Bertz CT molecular complexity index is 531. The smallest absolute Gasteiger partial charge is 0.150 e. The molecule has 2 N–H and O–H groups in total. The van der Waals surface area contributed by atoms with Crippen LogP contribution < -0.4 is 5.73 Å². The molecule has 1 aliphatic carbocycles. The van der Waals surface area contributed by atoms with Crippen molar-refractivity contribution < 1.29 is 8.42 Å². The lowest BCUT2D eigenvalue weighted by Gasteiger charge is -2.22. The van der Waals surface area contributed by atoms with Crippen LogP contribution in [0.15, 0.2) is 12.4 Å². The molecule has 1 aliphatic heterocycles. The van der Waals surface area contributed by atoms with Crippen molar-refractivity contribution in [1.82, 2.24) is 9.78 Å². The summed E-state index contributed by atoms with van der Waals surface area (Å²) in [5, 5.41) is 4.37. The van der Waals surface area contributed by atoms with Crippen LogP contribution in [0.5, 0.6) is 0 Å². The fourth-order valence-corrected chi connectivity index (χ4v) is 4.02. The van der Waals surface area contributed by atoms with Gasteiger partial charge in [-0.3, -0.25) is 4.68 Å². The zero-order valence-electron chi connectivity index (χ0n) is 10.4. The van der Waals surface area contributed by atoms with Crippen LogP contribution in [-0.4, -0.2) is 35.2 Å². The molecule has 6 heteroatoms. The van der Waals surface area contributed by atoms with Gasteiger partial charge in [-0.25, -0.2) is 8.42 Å². The van der Waals surface area contributed by atoms with E-state index in [0.29, 0.717) is 12.8 Å². The summed E-state index contributed by atoms with van der Waals surface area (Å²) in [7, 11) is -2.80. The van der Waals surface area contributed by atoms with Crippen LogP contribution in [0.4, 0.5) is 0 Å². The van der Waals surface area contributed by atoms with Crippen LogP contribution in [0.25, 0.3) is 0 Å². The van der Waals surface area contributed by atoms with Gasteiger partial charge in [0.15, 0.2) is 0 Å². The lowest BCUT2D eigenvalue weighted by Crippen LogP contribution is -2.26. The maximum Gasteiger partial charge on any atom is 0.150 e. The molecule has 2 fully saturated rings. The molecule has 0 radical (unpaired) electrons. The second kappa shape index (κ2) is 4.06. The minimum atomic E-state index is -2.80. The first-order valence-corrected chi connectivity index (χ1v) is 8.30. The predicted octanol–water partition coefficient (Wildman–Crippen LogP) is 0.667. The van der Waals surface area contributed by atoms with Gasteiger partial charge in [-0.05, 0) is 37.7 Å². The van der Waals surface area contributed by atoms with Gasteiger partial charge in [-0.15, -0.1) is 0 Å². The summed E-state index contributed by atoms with van der Waals surface area (Å²) in [6.07, 6.45) is 8.34. The molecule has 0 amide bonds. The summed E-state index contributed by atoms with van der Waals surface area (Å²) in [6, 6.07) is 0.232. The van der Waals surface area contributed by atoms with Crippen LogP contribution in [0.2, 0.25) is 0 Å². The van der Waals surface area contributed by atoms with Gasteiger partial charge in [0.1, 0.15) is 9.84 Å². The Labute approximate surface area is 107 Å². The maximum absolute atomic E-state index is 11.4. The van der Waals surface area contributed by atoms with Crippen LogP contribution in [0.3, 0.4) is 0 Å². The molecule has 100 valence electrons. The molecule has 0 aromatic carbocycles. The highest BCUT2D eigenvalue weighted by Gasteiger charge is 2.38. The van der Waals surface area contributed by atoms with Gasteiger partial charge in [0.25, 0.3) is 0 Å². The number of aromatic nitrogens is 2. The molecule has 2 aliphatic rings. The van der Waals surface area contributed by atoms with E-state index in [1.807, 2.05) is 17.1 Å². The molecule has 5 nitrogen and oxygen atoms in total. The first-order chi connectivity index (χ1) is 8.46. The minimum Gasteiger partial charge on any atom is -0.325 e. The van der Waals surface area contributed by atoms with Gasteiger partial charge in [-0.1, -0.05) is 0 Å². The highest BCUT2D eigenvalue weighted by molar-refractivity contribution is 7.91. The van der Waals surface area contributed by atoms with E-state index in [0.717, 1.165) is 19.3 Å². The highest BCUT2D eigenvalue weighted by Crippen LogP contribution is 2.35. The first-order valence-electron chi connectivity index (χ1n) is 6.48. The molecular formula is C12H19N3O2S. The molecular weight excluding hydrogens is 250 g/mol. The Morgan fingerprint density at radius 3 is 2.67 bits per heavy atom. The van der Waals surface area contributed by atoms with Gasteiger partial charge in [0.05, 0.1) is 23.7 Å². The summed E-state index contributed by atoms with van der Waals surface area (Å²) < 4.78 is 24.7. The summed E-state index contributed by atoms with van der Waals surface area (Å²) >= 11 is 0. The molecule has 1 saturated carbocycles. The summed E-state index contributed by atoms with van der Waals surface area (Å²) in [4.78, 5) is 0. The fourth-order valence-electron chi connectivity index (χ4n) is 2.55. The lowest BCUT2D eigenvalue weighted by molar-refractivity contribution is 0.413. The second-order valence-corrected chi connectivity index (χ2v) is 8.05. The van der Waals surface area contributed by atoms with Gasteiger partial charge in [0.2, 0.25) is 0 Å². The van der Waals surface area contributed by atoms with Crippen molar-refractivity contribution in [1.29, 1.82) is 0 Å². The second-order valence-electron chi connectivity index (χ2n) is 5.75. The van der Waals surface area contributed by atoms with Crippen LogP contribution in [-0.2, 0) is 16.3 Å². The average molecular weight is 269 g/mol. The Balaban J connectivity index is 1.66. The number of nitrogens with zero attached hydrogens (tertiary/aromatic N) is 2. The Kier molecular flexibility index (Phi) is 2.75. The number of rotatable bonds is 3. The monoisotopic (exact) mass is 269 g/mol. The first kappa shape index (κ1) is 12.2. The van der Waals surface area contributed by atoms with Gasteiger partial charge >= 0.3 is 0 Å². The van der Waals surface area contributed by atoms with E-state index in [1.165, 1.54) is 5.56 Å². The van der Waals surface area contributed by atoms with E-state index in [2.05, 4.69) is 5.10 Å². The van der Waals surface area contributed by atoms with E-state index >= 15 is 0 Å². The van der Waals surface area contributed by atoms with Crippen molar-refractivity contribution in [2.24, 2.45) is 5.73 Å². The van der Waals surface area contributed by atoms with E-state index < -0.39 is 9.84 Å². The molecule has 0 unspecified atom stereocenters. The Morgan fingerprint density at radius 2 is 2.06 bits per heavy atom. The highest BCUT2D eigenvalue weighted by atomic mass is 32.2. The predicted molar refractivity (Wildman–Crippen MR) is 69.0 cm³/mol. The molecule has 0 atom stereocenters. The standard InChI is InChI=1S/C12H19N3O2S/c13-12(3-4-12)7-10-8-14-15(9-10)11-1-5-18(16,17)6-2-11/h8-9,11H,1-7,13H2. The Hall–Kier alpha value is -0.880. The average Bonchev–Trinajstić information content (AvgIpc) is 2.85. The molecule has 1 aromatic rings. The summed E-state index contributed by atoms with van der Waals surface area (Å²) in [6.45, 7) is 0. The van der Waals surface area contributed by atoms with Crippen molar-refractivity contribution in [3.05, 3.63) is 18.0 Å². The van der Waals surface area contributed by atoms with E-state index in [1.54, 1.807) is 0 Å². The van der Waals surface area contributed by atoms with Crippen molar-refractivity contribution in [3.8, 4) is 0 Å².